The molecule has 228 valence electrons. The molecule has 0 amide bonds. The zero-order valence-corrected chi connectivity index (χ0v) is 26.6. The van der Waals surface area contributed by atoms with Crippen LogP contribution in [-0.4, -0.2) is 87.8 Å². The molecular formula is C31H47ClN4O4S. The van der Waals surface area contributed by atoms with Crippen LogP contribution in [0.3, 0.4) is 0 Å². The third-order valence-corrected chi connectivity index (χ3v) is 12.6. The molecule has 9 atom stereocenters. The number of alkyl halides is 1. The summed E-state index contributed by atoms with van der Waals surface area (Å²) in [7, 11) is 3.71. The molecule has 5 aliphatic rings. The summed E-state index contributed by atoms with van der Waals surface area (Å²) in [6.07, 6.45) is 9.32. The maximum absolute atomic E-state index is 13.7. The van der Waals surface area contributed by atoms with Gasteiger partial charge in [0.25, 0.3) is 5.56 Å². The molecule has 0 radical (unpaired) electrons. The number of likely N-dealkylation sites (N-methyl/N-ethyl adjacent to an activating group) is 1. The van der Waals surface area contributed by atoms with Crippen LogP contribution in [0.5, 0.6) is 0 Å². The van der Waals surface area contributed by atoms with E-state index in [1.807, 2.05) is 23.3 Å². The molecule has 3 aliphatic carbocycles. The van der Waals surface area contributed by atoms with Crippen LogP contribution in [0, 0.1) is 24.7 Å². The molecule has 1 N–H and O–H groups in total. The first-order valence-corrected chi connectivity index (χ1v) is 17.3. The summed E-state index contributed by atoms with van der Waals surface area (Å²) in [5.41, 5.74) is 2.03. The Morgan fingerprint density at radius 3 is 2.73 bits per heavy atom. The van der Waals surface area contributed by atoms with Crippen LogP contribution in [0.4, 0.5) is 0 Å². The average molecular weight is 607 g/mol. The minimum absolute atomic E-state index is 0.106. The van der Waals surface area contributed by atoms with Gasteiger partial charge in [-0.15, -0.1) is 11.6 Å². The molecule has 9 unspecified atom stereocenters. The average Bonchev–Trinajstić information content (AvgIpc) is 3.73. The fourth-order valence-corrected chi connectivity index (χ4v) is 10.4. The number of thioether (sulfide) groups is 1. The Bertz CT molecular complexity index is 1180. The number of hydrogen-bond donors (Lipinski definition) is 1. The van der Waals surface area contributed by atoms with Gasteiger partial charge >= 0.3 is 5.97 Å². The second-order valence-corrected chi connectivity index (χ2v) is 15.1. The van der Waals surface area contributed by atoms with Crippen LogP contribution >= 0.6 is 23.4 Å². The van der Waals surface area contributed by atoms with Crippen LogP contribution in [-0.2, 0) is 33.7 Å². The molecular weight excluding hydrogens is 560 g/mol. The van der Waals surface area contributed by atoms with Gasteiger partial charge in [0.2, 0.25) is 0 Å². The zero-order chi connectivity index (χ0) is 28.8. The lowest BCUT2D eigenvalue weighted by molar-refractivity contribution is -0.145. The summed E-state index contributed by atoms with van der Waals surface area (Å²) in [4.78, 5) is 33.6. The zero-order valence-electron chi connectivity index (χ0n) is 25.0. The van der Waals surface area contributed by atoms with Crippen LogP contribution in [0.2, 0.25) is 0 Å². The summed E-state index contributed by atoms with van der Waals surface area (Å²) >= 11 is 8.68. The van der Waals surface area contributed by atoms with Crippen molar-refractivity contribution in [3.8, 4) is 0 Å². The Hall–Kier alpha value is -1.13. The lowest BCUT2D eigenvalue weighted by Gasteiger charge is -2.47. The molecule has 2 saturated carbocycles. The van der Waals surface area contributed by atoms with Gasteiger partial charge in [-0.05, 0) is 90.5 Å². The Morgan fingerprint density at radius 1 is 1.17 bits per heavy atom. The molecule has 1 aromatic heterocycles. The van der Waals surface area contributed by atoms with Crippen LogP contribution in [0.1, 0.15) is 69.0 Å². The Balaban J connectivity index is 1.14. The van der Waals surface area contributed by atoms with Crippen molar-refractivity contribution in [1.82, 2.24) is 19.8 Å². The van der Waals surface area contributed by atoms with E-state index in [2.05, 4.69) is 24.2 Å². The monoisotopic (exact) mass is 606 g/mol. The van der Waals surface area contributed by atoms with Crippen molar-refractivity contribution < 1.29 is 14.3 Å². The fraction of sp³-hybridized carbons (Fsp3) is 0.839. The van der Waals surface area contributed by atoms with Crippen molar-refractivity contribution in [2.24, 2.45) is 17.8 Å². The van der Waals surface area contributed by atoms with Crippen LogP contribution < -0.4 is 10.9 Å². The third-order valence-electron chi connectivity index (χ3n) is 10.6. The van der Waals surface area contributed by atoms with E-state index in [0.29, 0.717) is 48.4 Å². The second-order valence-electron chi connectivity index (χ2n) is 13.2. The molecule has 0 bridgehead atoms. The fourth-order valence-electron chi connectivity index (χ4n) is 8.25. The molecule has 6 rings (SSSR count). The number of methoxy groups -OCH3 is 1. The predicted octanol–water partition coefficient (Wildman–Crippen LogP) is 3.57. The predicted molar refractivity (Wildman–Crippen MR) is 163 cm³/mol. The first-order chi connectivity index (χ1) is 19.7. The molecule has 2 aliphatic heterocycles. The second kappa shape index (κ2) is 12.5. The number of ether oxygens (including phenoxy) is 2. The molecule has 1 aromatic rings. The number of piperidine rings is 1. The number of halogens is 1. The first-order valence-electron chi connectivity index (χ1n) is 15.8. The van der Waals surface area contributed by atoms with Gasteiger partial charge in [-0.1, -0.05) is 0 Å². The number of carbonyl (C=O) groups is 1. The number of rotatable bonds is 8. The summed E-state index contributed by atoms with van der Waals surface area (Å²) in [6.45, 7) is 5.20. The molecule has 41 heavy (non-hydrogen) atoms. The maximum Gasteiger partial charge on any atom is 0.311 e. The van der Waals surface area contributed by atoms with E-state index in [4.69, 9.17) is 26.1 Å². The number of esters is 1. The van der Waals surface area contributed by atoms with Crippen LogP contribution in [0.15, 0.2) is 4.79 Å². The number of aryl methyl sites for hydroxylation is 2. The molecule has 10 heteroatoms. The van der Waals surface area contributed by atoms with E-state index >= 15 is 0 Å². The van der Waals surface area contributed by atoms with E-state index in [1.54, 1.807) is 0 Å². The Labute approximate surface area is 253 Å². The van der Waals surface area contributed by atoms with Gasteiger partial charge in [0.05, 0.1) is 38.0 Å². The maximum atomic E-state index is 13.7. The van der Waals surface area contributed by atoms with E-state index in [9.17, 15) is 9.59 Å². The largest absolute Gasteiger partial charge is 0.469 e. The topological polar surface area (TPSA) is 85.7 Å². The SMILES string of the molecule is COC(=O)C1CSC2C(C3CC(Cl)CCC3OCCn3c(C)nc4c(c3=O)CC(N(C)C3CC3)CC4)CC(C)NC12. The van der Waals surface area contributed by atoms with Crippen molar-refractivity contribution in [1.29, 1.82) is 0 Å². The minimum atomic E-state index is -0.109. The lowest BCUT2D eigenvalue weighted by atomic mass is 9.70. The van der Waals surface area contributed by atoms with Crippen molar-refractivity contribution in [3.63, 3.8) is 0 Å². The van der Waals surface area contributed by atoms with E-state index < -0.39 is 0 Å². The molecule has 2 saturated heterocycles. The summed E-state index contributed by atoms with van der Waals surface area (Å²) in [6, 6.07) is 1.59. The van der Waals surface area contributed by atoms with Crippen molar-refractivity contribution in [2.75, 3.05) is 26.5 Å². The number of nitrogens with one attached hydrogen (secondary N) is 1. The Kier molecular flexibility index (Phi) is 9.10. The highest BCUT2D eigenvalue weighted by Crippen LogP contribution is 2.48. The Morgan fingerprint density at radius 2 is 1.98 bits per heavy atom. The quantitative estimate of drug-likeness (QED) is 0.355. The normalized spacial score (nSPS) is 37.1. The summed E-state index contributed by atoms with van der Waals surface area (Å²) < 4.78 is 13.6. The van der Waals surface area contributed by atoms with Gasteiger partial charge in [0.1, 0.15) is 5.82 Å². The third kappa shape index (κ3) is 6.13. The lowest BCUT2D eigenvalue weighted by Crippen LogP contribution is -2.57. The minimum Gasteiger partial charge on any atom is -0.469 e. The number of fused-ring (bicyclic) bond motifs is 2. The van der Waals surface area contributed by atoms with E-state index in [1.165, 1.54) is 20.0 Å². The number of carbonyl (C=O) groups excluding carboxylic acids is 1. The number of nitrogens with zero attached hydrogens (tertiary/aromatic N) is 3. The molecule has 0 spiro atoms. The van der Waals surface area contributed by atoms with E-state index in [-0.39, 0.29) is 35.0 Å². The van der Waals surface area contributed by atoms with Gasteiger partial charge in [0, 0.05) is 46.1 Å². The van der Waals surface area contributed by atoms with Gasteiger partial charge in [-0.2, -0.15) is 11.8 Å². The molecule has 3 heterocycles. The first kappa shape index (κ1) is 29.9. The van der Waals surface area contributed by atoms with Crippen molar-refractivity contribution in [2.45, 2.75) is 119 Å². The van der Waals surface area contributed by atoms with Crippen molar-refractivity contribution >= 4 is 29.3 Å². The van der Waals surface area contributed by atoms with E-state index in [0.717, 1.165) is 67.8 Å². The highest BCUT2D eigenvalue weighted by atomic mass is 35.5. The summed E-state index contributed by atoms with van der Waals surface area (Å²) in [5.74, 6) is 2.14. The highest BCUT2D eigenvalue weighted by molar-refractivity contribution is 8.00. The van der Waals surface area contributed by atoms with Gasteiger partial charge < -0.3 is 19.7 Å². The van der Waals surface area contributed by atoms with Gasteiger partial charge in [0.15, 0.2) is 0 Å². The number of aromatic nitrogens is 2. The van der Waals surface area contributed by atoms with Crippen LogP contribution in [0.25, 0.3) is 0 Å². The smallest absolute Gasteiger partial charge is 0.311 e. The van der Waals surface area contributed by atoms with Gasteiger partial charge in [-0.25, -0.2) is 4.98 Å². The van der Waals surface area contributed by atoms with Gasteiger partial charge in [-0.3, -0.25) is 14.2 Å². The molecule has 4 fully saturated rings. The number of hydrogen-bond acceptors (Lipinski definition) is 8. The van der Waals surface area contributed by atoms with Crippen molar-refractivity contribution in [3.05, 3.63) is 27.4 Å². The molecule has 8 nitrogen and oxygen atoms in total. The molecule has 0 aromatic carbocycles. The standard InChI is InChI=1S/C31H47ClN4O4S/c1-17-13-23(29-28(33-17)25(16-41-29)31(38)39-4)22-14-19(32)5-10-27(22)40-12-11-36-18(2)34-26-9-8-21(15-24(26)30(36)37)35(3)20-6-7-20/h17,19-23,25,27-29,33H,5-16H2,1-4H3. The summed E-state index contributed by atoms with van der Waals surface area (Å²) in [5, 5.41) is 4.22. The highest BCUT2D eigenvalue weighted by Gasteiger charge is 2.52.